The normalized spacial score (nSPS) is 14.3. The number of nitrogens with zero attached hydrogens (tertiary/aromatic N) is 5. The third-order valence-electron chi connectivity index (χ3n) is 7.53. The number of sulfonamides is 1. The van der Waals surface area contributed by atoms with Crippen LogP contribution in [-0.2, 0) is 10.0 Å². The Labute approximate surface area is 249 Å². The van der Waals surface area contributed by atoms with Gasteiger partial charge in [0.25, 0.3) is 0 Å². The van der Waals surface area contributed by atoms with Gasteiger partial charge in [-0.3, -0.25) is 9.78 Å². The third kappa shape index (κ3) is 5.24. The maximum atomic E-state index is 15.1. The molecule has 3 aromatic heterocycles. The fourth-order valence-corrected chi connectivity index (χ4v) is 5.97. The second-order valence-corrected chi connectivity index (χ2v) is 12.3. The van der Waals surface area contributed by atoms with Gasteiger partial charge in [-0.2, -0.15) is 9.40 Å². The molecule has 4 heterocycles. The van der Waals surface area contributed by atoms with Crippen LogP contribution >= 0.6 is 0 Å². The minimum atomic E-state index is -3.33. The molecule has 1 aliphatic rings. The highest BCUT2D eigenvalue weighted by Crippen LogP contribution is 2.33. The number of benzene rings is 2. The van der Waals surface area contributed by atoms with E-state index in [0.717, 1.165) is 18.4 Å². The number of nitrogen functional groups attached to an aromatic ring is 1. The number of ether oxygens (including phenoxy) is 1. The Balaban J connectivity index is 1.27. The molecule has 0 atom stereocenters. The minimum Gasteiger partial charge on any atom is -0.449 e. The Morgan fingerprint density at radius 3 is 2.36 bits per heavy atom. The van der Waals surface area contributed by atoms with E-state index in [1.807, 2.05) is 0 Å². The summed E-state index contributed by atoms with van der Waals surface area (Å²) in [5.74, 6) is -3.34. The number of carbonyl (C=O) groups is 1. The average Bonchev–Trinajstić information content (AvgIpc) is 3.57. The number of fused-ring (bicyclic) bond motifs is 1. The summed E-state index contributed by atoms with van der Waals surface area (Å²) in [5, 5.41) is 4.70. The Bertz CT molecular complexity index is 2020. The van der Waals surface area contributed by atoms with Gasteiger partial charge in [-0.05, 0) is 37.3 Å². The highest BCUT2D eigenvalue weighted by Gasteiger charge is 2.26. The lowest BCUT2D eigenvalue weighted by Crippen LogP contribution is -2.48. The van der Waals surface area contributed by atoms with Crippen molar-refractivity contribution in [3.63, 3.8) is 0 Å². The quantitative estimate of drug-likeness (QED) is 0.257. The van der Waals surface area contributed by atoms with Gasteiger partial charge in [-0.15, -0.1) is 0 Å². The molecule has 228 valence electrons. The van der Waals surface area contributed by atoms with Crippen LogP contribution in [0.5, 0.6) is 11.5 Å². The number of nitrogens with one attached hydrogen (secondary N) is 1. The molecule has 3 N–H and O–H groups in total. The fourth-order valence-electron chi connectivity index (χ4n) is 5.14. The molecule has 1 aliphatic heterocycles. The Kier molecular flexibility index (Phi) is 7.29. The zero-order valence-corrected chi connectivity index (χ0v) is 24.3. The van der Waals surface area contributed by atoms with Crippen molar-refractivity contribution in [2.75, 3.05) is 43.1 Å². The summed E-state index contributed by atoms with van der Waals surface area (Å²) in [6.07, 6.45) is 5.13. The molecule has 0 radical (unpaired) electrons. The molecule has 0 spiro atoms. The number of pyridine rings is 1. The van der Waals surface area contributed by atoms with Crippen molar-refractivity contribution in [3.8, 4) is 17.2 Å². The number of hydrogen-bond acceptors (Lipinski definition) is 8. The summed E-state index contributed by atoms with van der Waals surface area (Å²) < 4.78 is 75.2. The van der Waals surface area contributed by atoms with E-state index in [4.69, 9.17) is 10.5 Å². The SMILES string of the molecule is Cc1c(Oc2c(F)cccc2F)cncc1-n1ncc(C(=O)c2cc3cc(F)c(N4CCN(S(C)(=O)=O)CC4)cc3[nH]2)c1N. The number of nitrogens with two attached hydrogens (primary N) is 1. The molecular formula is C29H26F3N7O4S. The van der Waals surface area contributed by atoms with Crippen LogP contribution in [0.1, 0.15) is 21.6 Å². The second-order valence-electron chi connectivity index (χ2n) is 10.3. The maximum Gasteiger partial charge on any atom is 0.214 e. The van der Waals surface area contributed by atoms with Gasteiger partial charge in [0, 0.05) is 42.6 Å². The Morgan fingerprint density at radius 2 is 1.68 bits per heavy atom. The highest BCUT2D eigenvalue weighted by atomic mass is 32.2. The molecule has 11 nitrogen and oxygen atoms in total. The van der Waals surface area contributed by atoms with Crippen molar-refractivity contribution in [1.29, 1.82) is 0 Å². The van der Waals surface area contributed by atoms with Crippen LogP contribution in [0.2, 0.25) is 0 Å². The number of ketones is 1. The van der Waals surface area contributed by atoms with E-state index < -0.39 is 39.0 Å². The van der Waals surface area contributed by atoms with Crippen molar-refractivity contribution in [2.24, 2.45) is 0 Å². The maximum absolute atomic E-state index is 15.1. The van der Waals surface area contributed by atoms with Crippen LogP contribution in [0, 0.1) is 24.4 Å². The number of aromatic amines is 1. The summed E-state index contributed by atoms with van der Waals surface area (Å²) in [6.45, 7) is 2.72. The first-order valence-electron chi connectivity index (χ1n) is 13.4. The number of H-pyrrole nitrogens is 1. The number of halogens is 3. The van der Waals surface area contributed by atoms with Crippen LogP contribution in [0.15, 0.2) is 55.0 Å². The lowest BCUT2D eigenvalue weighted by Gasteiger charge is -2.34. The molecule has 1 saturated heterocycles. The molecule has 5 aromatic rings. The summed E-state index contributed by atoms with van der Waals surface area (Å²) in [6, 6.07) is 7.75. The minimum absolute atomic E-state index is 0.0246. The number of aromatic nitrogens is 4. The van der Waals surface area contributed by atoms with E-state index in [9.17, 15) is 22.0 Å². The summed E-state index contributed by atoms with van der Waals surface area (Å²) in [5.41, 5.74) is 8.06. The van der Waals surface area contributed by atoms with Gasteiger partial charge in [-0.25, -0.2) is 26.3 Å². The summed E-state index contributed by atoms with van der Waals surface area (Å²) in [7, 11) is -3.33. The molecule has 2 aromatic carbocycles. The van der Waals surface area contributed by atoms with E-state index in [0.29, 0.717) is 40.9 Å². The largest absolute Gasteiger partial charge is 0.449 e. The van der Waals surface area contributed by atoms with Crippen molar-refractivity contribution in [3.05, 3.63) is 89.3 Å². The van der Waals surface area contributed by atoms with Gasteiger partial charge < -0.3 is 20.4 Å². The smallest absolute Gasteiger partial charge is 0.214 e. The first-order valence-corrected chi connectivity index (χ1v) is 15.2. The first kappa shape index (κ1) is 29.2. The number of rotatable bonds is 7. The topological polar surface area (TPSA) is 139 Å². The number of piperazine rings is 1. The van der Waals surface area contributed by atoms with Gasteiger partial charge in [0.1, 0.15) is 11.6 Å². The van der Waals surface area contributed by atoms with Gasteiger partial charge in [0.05, 0.1) is 47.5 Å². The molecule has 15 heteroatoms. The Hall–Kier alpha value is -4.89. The third-order valence-corrected chi connectivity index (χ3v) is 8.84. The monoisotopic (exact) mass is 625 g/mol. The zero-order chi connectivity index (χ0) is 31.3. The van der Waals surface area contributed by atoms with Gasteiger partial charge in [-0.1, -0.05) is 6.07 Å². The summed E-state index contributed by atoms with van der Waals surface area (Å²) in [4.78, 5) is 22.4. The molecular weight excluding hydrogens is 599 g/mol. The van der Waals surface area contributed by atoms with E-state index in [1.54, 1.807) is 17.9 Å². The lowest BCUT2D eigenvalue weighted by atomic mass is 10.1. The number of para-hydroxylation sites is 1. The van der Waals surface area contributed by atoms with Gasteiger partial charge >= 0.3 is 0 Å². The fraction of sp³-hybridized carbons (Fsp3) is 0.207. The summed E-state index contributed by atoms with van der Waals surface area (Å²) >= 11 is 0. The van der Waals surface area contributed by atoms with Gasteiger partial charge in [0.2, 0.25) is 15.8 Å². The van der Waals surface area contributed by atoms with Crippen molar-refractivity contribution in [2.45, 2.75) is 6.92 Å². The molecule has 44 heavy (non-hydrogen) atoms. The van der Waals surface area contributed by atoms with E-state index >= 15 is 4.39 Å². The van der Waals surface area contributed by atoms with Crippen molar-refractivity contribution >= 4 is 38.2 Å². The van der Waals surface area contributed by atoms with Gasteiger partial charge in [0.15, 0.2) is 23.1 Å². The van der Waals surface area contributed by atoms with Crippen LogP contribution < -0.4 is 15.4 Å². The number of carbonyl (C=O) groups excluding carboxylic acids is 1. The van der Waals surface area contributed by atoms with Crippen molar-refractivity contribution in [1.82, 2.24) is 24.1 Å². The number of hydrogen-bond donors (Lipinski definition) is 2. The second kappa shape index (κ2) is 11.0. The molecule has 0 amide bonds. The predicted octanol–water partition coefficient (Wildman–Crippen LogP) is 4.16. The molecule has 0 bridgehead atoms. The van der Waals surface area contributed by atoms with E-state index in [1.165, 1.54) is 45.8 Å². The van der Waals surface area contributed by atoms with Crippen LogP contribution in [0.4, 0.5) is 24.7 Å². The number of anilines is 2. The Morgan fingerprint density at radius 1 is 0.977 bits per heavy atom. The first-order chi connectivity index (χ1) is 20.9. The van der Waals surface area contributed by atoms with Crippen LogP contribution in [-0.4, -0.2) is 70.7 Å². The van der Waals surface area contributed by atoms with Crippen molar-refractivity contribution < 1.29 is 31.1 Å². The lowest BCUT2D eigenvalue weighted by molar-refractivity contribution is 0.103. The molecule has 1 fully saturated rings. The standard InChI is InChI=1S/C29H26F3N7O4S/c1-16-25(14-34-15-26(16)43-28-19(30)4-3-5-20(28)31)39-29(33)18(13-35-39)27(40)23-11-17-10-21(32)24(12-22(17)36-23)37-6-8-38(9-7-37)44(2,41)42/h3-5,10-15,36H,6-9,33H2,1-2H3. The van der Waals surface area contributed by atoms with Crippen LogP contribution in [0.25, 0.3) is 16.6 Å². The molecule has 0 saturated carbocycles. The zero-order valence-electron chi connectivity index (χ0n) is 23.5. The predicted molar refractivity (Wildman–Crippen MR) is 157 cm³/mol. The molecule has 0 aliphatic carbocycles. The van der Waals surface area contributed by atoms with E-state index in [2.05, 4.69) is 15.1 Å². The van der Waals surface area contributed by atoms with E-state index in [-0.39, 0.29) is 35.9 Å². The van der Waals surface area contributed by atoms with Crippen LogP contribution in [0.3, 0.4) is 0 Å². The molecule has 6 rings (SSSR count). The molecule has 0 unspecified atom stereocenters. The average molecular weight is 626 g/mol. The highest BCUT2D eigenvalue weighted by molar-refractivity contribution is 7.88.